The third-order valence-electron chi connectivity index (χ3n) is 3.28. The van der Waals surface area contributed by atoms with E-state index in [1.807, 2.05) is 12.1 Å². The molecule has 0 aliphatic carbocycles. The molecule has 1 saturated heterocycles. The van der Waals surface area contributed by atoms with Crippen molar-refractivity contribution in [2.75, 3.05) is 13.1 Å². The van der Waals surface area contributed by atoms with Crippen molar-refractivity contribution in [2.45, 2.75) is 31.7 Å². The Balaban J connectivity index is 1.70. The first-order valence-corrected chi connectivity index (χ1v) is 7.35. The Morgan fingerprint density at radius 3 is 2.89 bits per heavy atom. The number of carbonyl (C=O) groups excluding carboxylic acids is 1. The van der Waals surface area contributed by atoms with Gasteiger partial charge in [0.25, 0.3) is 0 Å². The summed E-state index contributed by atoms with van der Waals surface area (Å²) in [6, 6.07) is 5.91. The summed E-state index contributed by atoms with van der Waals surface area (Å²) in [5.41, 5.74) is 1.12. The van der Waals surface area contributed by atoms with Crippen LogP contribution in [0.1, 0.15) is 24.8 Å². The summed E-state index contributed by atoms with van der Waals surface area (Å²) in [5, 5.41) is 7.40. The van der Waals surface area contributed by atoms with Gasteiger partial charge < -0.3 is 10.6 Å². The predicted molar refractivity (Wildman–Crippen MR) is 78.8 cm³/mol. The van der Waals surface area contributed by atoms with Crippen LogP contribution >= 0.6 is 23.2 Å². The average molecular weight is 301 g/mol. The smallest absolute Gasteiger partial charge is 0.220 e. The molecule has 1 unspecified atom stereocenters. The van der Waals surface area contributed by atoms with E-state index < -0.39 is 0 Å². The summed E-state index contributed by atoms with van der Waals surface area (Å²) in [6.45, 7) is 1.88. The molecule has 1 aliphatic heterocycles. The predicted octanol–water partition coefficient (Wildman–Crippen LogP) is 2.79. The molecule has 0 bridgehead atoms. The summed E-state index contributed by atoms with van der Waals surface area (Å²) in [4.78, 5) is 11.7. The van der Waals surface area contributed by atoms with Crippen molar-refractivity contribution in [2.24, 2.45) is 0 Å². The summed E-state index contributed by atoms with van der Waals surface area (Å²) in [6.07, 6.45) is 3.24. The van der Waals surface area contributed by atoms with Crippen LogP contribution in [-0.2, 0) is 11.2 Å². The first kappa shape index (κ1) is 14.6. The molecule has 2 rings (SSSR count). The number of nitrogens with one attached hydrogen (secondary N) is 2. The molecule has 0 aromatic heterocycles. The van der Waals surface area contributed by atoms with Gasteiger partial charge in [-0.05, 0) is 43.5 Å². The van der Waals surface area contributed by atoms with Crippen molar-refractivity contribution >= 4 is 29.1 Å². The van der Waals surface area contributed by atoms with Crippen LogP contribution in [0.25, 0.3) is 0 Å². The van der Waals surface area contributed by atoms with Crippen LogP contribution < -0.4 is 10.6 Å². The lowest BCUT2D eigenvalue weighted by Gasteiger charge is -2.11. The van der Waals surface area contributed by atoms with Gasteiger partial charge in [0.1, 0.15) is 0 Å². The molecule has 5 heteroatoms. The minimum Gasteiger partial charge on any atom is -0.352 e. The molecule has 104 valence electrons. The van der Waals surface area contributed by atoms with E-state index in [2.05, 4.69) is 10.6 Å². The zero-order valence-corrected chi connectivity index (χ0v) is 12.2. The highest BCUT2D eigenvalue weighted by Crippen LogP contribution is 2.23. The summed E-state index contributed by atoms with van der Waals surface area (Å²) in [7, 11) is 0. The maximum Gasteiger partial charge on any atom is 0.220 e. The van der Waals surface area contributed by atoms with Gasteiger partial charge in [-0.25, -0.2) is 0 Å². The third kappa shape index (κ3) is 4.68. The zero-order valence-electron chi connectivity index (χ0n) is 10.7. The highest BCUT2D eigenvalue weighted by Gasteiger charge is 2.16. The van der Waals surface area contributed by atoms with Crippen LogP contribution in [0.15, 0.2) is 18.2 Å². The molecule has 19 heavy (non-hydrogen) atoms. The second kappa shape index (κ2) is 7.13. The lowest BCUT2D eigenvalue weighted by atomic mass is 10.1. The number of rotatable bonds is 5. The molecule has 1 amide bonds. The summed E-state index contributed by atoms with van der Waals surface area (Å²) in [5.74, 6) is 0.133. The second-order valence-electron chi connectivity index (χ2n) is 4.86. The molecule has 1 aromatic carbocycles. The molecule has 0 radical (unpaired) electrons. The van der Waals surface area contributed by atoms with Crippen molar-refractivity contribution in [3.63, 3.8) is 0 Å². The van der Waals surface area contributed by atoms with Gasteiger partial charge in [0, 0.05) is 19.0 Å². The van der Waals surface area contributed by atoms with E-state index in [0.717, 1.165) is 37.9 Å². The first-order valence-electron chi connectivity index (χ1n) is 6.59. The van der Waals surface area contributed by atoms with E-state index in [1.165, 1.54) is 0 Å². The molecule has 0 saturated carbocycles. The molecule has 3 nitrogen and oxygen atoms in total. The number of carbonyl (C=O) groups is 1. The topological polar surface area (TPSA) is 41.1 Å². The molecule has 1 heterocycles. The molecule has 1 atom stereocenters. The molecule has 1 aliphatic rings. The maximum absolute atomic E-state index is 11.7. The third-order valence-corrected chi connectivity index (χ3v) is 4.02. The van der Waals surface area contributed by atoms with Crippen LogP contribution in [0, 0.1) is 0 Å². The SMILES string of the molecule is O=C(CCCc1ccc(Cl)c(Cl)c1)NC1CCNC1. The van der Waals surface area contributed by atoms with E-state index >= 15 is 0 Å². The lowest BCUT2D eigenvalue weighted by Crippen LogP contribution is -2.36. The van der Waals surface area contributed by atoms with Crippen molar-refractivity contribution in [1.29, 1.82) is 0 Å². The maximum atomic E-state index is 11.7. The van der Waals surface area contributed by atoms with Crippen LogP contribution in [0.3, 0.4) is 0 Å². The minimum atomic E-state index is 0.133. The van der Waals surface area contributed by atoms with Gasteiger partial charge in [-0.1, -0.05) is 29.3 Å². The number of benzene rings is 1. The lowest BCUT2D eigenvalue weighted by molar-refractivity contribution is -0.121. The molecule has 2 N–H and O–H groups in total. The Kier molecular flexibility index (Phi) is 5.49. The van der Waals surface area contributed by atoms with Gasteiger partial charge in [-0.2, -0.15) is 0 Å². The molecular weight excluding hydrogens is 283 g/mol. The fourth-order valence-electron chi connectivity index (χ4n) is 2.23. The molecule has 1 fully saturated rings. The monoisotopic (exact) mass is 300 g/mol. The largest absolute Gasteiger partial charge is 0.352 e. The molecule has 0 spiro atoms. The van der Waals surface area contributed by atoms with Gasteiger partial charge >= 0.3 is 0 Å². The van der Waals surface area contributed by atoms with E-state index in [9.17, 15) is 4.79 Å². The Morgan fingerprint density at radius 1 is 1.37 bits per heavy atom. The van der Waals surface area contributed by atoms with Crippen LogP contribution in [0.2, 0.25) is 10.0 Å². The van der Waals surface area contributed by atoms with Gasteiger partial charge in [0.15, 0.2) is 0 Å². The Hall–Kier alpha value is -0.770. The highest BCUT2D eigenvalue weighted by molar-refractivity contribution is 6.42. The van der Waals surface area contributed by atoms with Crippen molar-refractivity contribution in [1.82, 2.24) is 10.6 Å². The minimum absolute atomic E-state index is 0.133. The number of aryl methyl sites for hydroxylation is 1. The molecule has 1 aromatic rings. The van der Waals surface area contributed by atoms with Crippen LogP contribution in [0.5, 0.6) is 0 Å². The fraction of sp³-hybridized carbons (Fsp3) is 0.500. The van der Waals surface area contributed by atoms with Crippen molar-refractivity contribution < 1.29 is 4.79 Å². The highest BCUT2D eigenvalue weighted by atomic mass is 35.5. The van der Waals surface area contributed by atoms with Crippen LogP contribution in [-0.4, -0.2) is 25.0 Å². The Morgan fingerprint density at radius 2 is 2.21 bits per heavy atom. The Bertz CT molecular complexity index is 445. The normalized spacial score (nSPS) is 18.5. The van der Waals surface area contributed by atoms with Crippen LogP contribution in [0.4, 0.5) is 0 Å². The van der Waals surface area contributed by atoms with Gasteiger partial charge in [0.2, 0.25) is 5.91 Å². The molecular formula is C14H18Cl2N2O. The zero-order chi connectivity index (χ0) is 13.7. The average Bonchev–Trinajstić information content (AvgIpc) is 2.86. The van der Waals surface area contributed by atoms with E-state index in [4.69, 9.17) is 23.2 Å². The fourth-order valence-corrected chi connectivity index (χ4v) is 2.55. The summed E-state index contributed by atoms with van der Waals surface area (Å²) < 4.78 is 0. The van der Waals surface area contributed by atoms with E-state index in [0.29, 0.717) is 22.5 Å². The van der Waals surface area contributed by atoms with Crippen molar-refractivity contribution in [3.8, 4) is 0 Å². The standard InChI is InChI=1S/C14H18Cl2N2O/c15-12-5-4-10(8-13(12)16)2-1-3-14(19)18-11-6-7-17-9-11/h4-5,8,11,17H,1-3,6-7,9H2,(H,18,19). The number of halogens is 2. The summed E-state index contributed by atoms with van der Waals surface area (Å²) >= 11 is 11.8. The van der Waals surface area contributed by atoms with Gasteiger partial charge in [-0.3, -0.25) is 4.79 Å². The number of hydrogen-bond acceptors (Lipinski definition) is 2. The number of amides is 1. The van der Waals surface area contributed by atoms with E-state index in [-0.39, 0.29) is 5.91 Å². The van der Waals surface area contributed by atoms with E-state index in [1.54, 1.807) is 6.07 Å². The van der Waals surface area contributed by atoms with Crippen molar-refractivity contribution in [3.05, 3.63) is 33.8 Å². The van der Waals surface area contributed by atoms with Gasteiger partial charge in [0.05, 0.1) is 10.0 Å². The Labute approximate surface area is 123 Å². The number of hydrogen-bond donors (Lipinski definition) is 2. The quantitative estimate of drug-likeness (QED) is 0.878. The van der Waals surface area contributed by atoms with Gasteiger partial charge in [-0.15, -0.1) is 0 Å². The first-order chi connectivity index (χ1) is 9.15. The second-order valence-corrected chi connectivity index (χ2v) is 5.67.